The average molecular weight is 385 g/mol. The number of nitro groups is 1. The lowest BCUT2D eigenvalue weighted by molar-refractivity contribution is -0.384. The van der Waals surface area contributed by atoms with Crippen molar-refractivity contribution in [2.75, 3.05) is 6.54 Å². The van der Waals surface area contributed by atoms with Gasteiger partial charge >= 0.3 is 5.97 Å². The Balaban J connectivity index is 1.39. The quantitative estimate of drug-likeness (QED) is 0.355. The molecule has 1 aromatic carbocycles. The van der Waals surface area contributed by atoms with E-state index in [2.05, 4.69) is 10.5 Å². The van der Waals surface area contributed by atoms with Crippen LogP contribution < -0.4 is 5.32 Å². The second-order valence-electron chi connectivity index (χ2n) is 5.63. The zero-order valence-electron chi connectivity index (χ0n) is 14.5. The van der Waals surface area contributed by atoms with Crippen molar-refractivity contribution >= 4 is 17.6 Å². The number of hydrogen-bond acceptors (Lipinski definition) is 8. The van der Waals surface area contributed by atoms with Crippen LogP contribution in [0.2, 0.25) is 0 Å². The number of rotatable bonds is 8. The molecule has 0 saturated heterocycles. The number of amides is 1. The Morgan fingerprint density at radius 2 is 1.96 bits per heavy atom. The molecule has 3 rings (SSSR count). The average Bonchev–Trinajstić information content (AvgIpc) is 3.38. The van der Waals surface area contributed by atoms with Crippen LogP contribution in [0.1, 0.15) is 22.5 Å². The highest BCUT2D eigenvalue weighted by molar-refractivity contribution is 5.94. The molecule has 10 nitrogen and oxygen atoms in total. The molecule has 1 N–H and O–H groups in total. The lowest BCUT2D eigenvalue weighted by Gasteiger charge is -2.05. The maximum absolute atomic E-state index is 11.9. The molecule has 10 heteroatoms. The number of nitrogens with one attached hydrogen (secondary N) is 1. The predicted molar refractivity (Wildman–Crippen MR) is 94.0 cm³/mol. The molecule has 2 heterocycles. The van der Waals surface area contributed by atoms with E-state index in [0.717, 1.165) is 0 Å². The standard InChI is InChI=1S/C18H15N3O7/c22-17(27-11-13-10-16(28-20-13)15-2-1-9-26-15)7-8-19-18(23)12-3-5-14(6-4-12)21(24)25/h1-6,9-10H,7-8,11H2,(H,19,23). The molecule has 0 radical (unpaired) electrons. The second-order valence-corrected chi connectivity index (χ2v) is 5.63. The van der Waals surface area contributed by atoms with Gasteiger partial charge in [-0.1, -0.05) is 5.16 Å². The van der Waals surface area contributed by atoms with Gasteiger partial charge in [-0.15, -0.1) is 0 Å². The van der Waals surface area contributed by atoms with Gasteiger partial charge in [0.25, 0.3) is 11.6 Å². The van der Waals surface area contributed by atoms with Crippen molar-refractivity contribution in [3.8, 4) is 11.5 Å². The summed E-state index contributed by atoms with van der Waals surface area (Å²) < 4.78 is 15.3. The normalized spacial score (nSPS) is 10.4. The van der Waals surface area contributed by atoms with Gasteiger partial charge in [0.1, 0.15) is 12.3 Å². The van der Waals surface area contributed by atoms with E-state index in [1.807, 2.05) is 0 Å². The molecule has 2 aromatic heterocycles. The highest BCUT2D eigenvalue weighted by Gasteiger charge is 2.12. The van der Waals surface area contributed by atoms with E-state index in [1.165, 1.54) is 30.5 Å². The van der Waals surface area contributed by atoms with E-state index >= 15 is 0 Å². The molecule has 0 spiro atoms. The number of aromatic nitrogens is 1. The minimum Gasteiger partial charge on any atom is -0.461 e. The fraction of sp³-hybridized carbons (Fsp3) is 0.167. The zero-order valence-corrected chi connectivity index (χ0v) is 14.5. The van der Waals surface area contributed by atoms with Crippen molar-refractivity contribution in [1.29, 1.82) is 0 Å². The Labute approximate surface area is 158 Å². The predicted octanol–water partition coefficient (Wildman–Crippen LogP) is 2.71. The number of carbonyl (C=O) groups excluding carboxylic acids is 2. The minimum absolute atomic E-state index is 0.0401. The number of nitro benzene ring substituents is 1. The summed E-state index contributed by atoms with van der Waals surface area (Å²) >= 11 is 0. The van der Waals surface area contributed by atoms with E-state index in [4.69, 9.17) is 13.7 Å². The molecule has 144 valence electrons. The third-order valence-corrected chi connectivity index (χ3v) is 3.66. The molecule has 0 aliphatic carbocycles. The highest BCUT2D eigenvalue weighted by Crippen LogP contribution is 2.20. The maximum Gasteiger partial charge on any atom is 0.307 e. The number of hydrogen-bond donors (Lipinski definition) is 1. The van der Waals surface area contributed by atoms with Gasteiger partial charge in [-0.05, 0) is 24.3 Å². The van der Waals surface area contributed by atoms with E-state index in [-0.39, 0.29) is 30.8 Å². The molecule has 0 unspecified atom stereocenters. The lowest BCUT2D eigenvalue weighted by atomic mass is 10.2. The third-order valence-electron chi connectivity index (χ3n) is 3.66. The van der Waals surface area contributed by atoms with Crippen LogP contribution in [0.5, 0.6) is 0 Å². The van der Waals surface area contributed by atoms with Crippen LogP contribution >= 0.6 is 0 Å². The number of carbonyl (C=O) groups is 2. The van der Waals surface area contributed by atoms with E-state index in [9.17, 15) is 19.7 Å². The molecule has 3 aromatic rings. The topological polar surface area (TPSA) is 138 Å². The molecule has 0 aliphatic rings. The Bertz CT molecular complexity index is 961. The SMILES string of the molecule is O=C(CCNC(=O)c1ccc([N+](=O)[O-])cc1)OCc1cc(-c2ccco2)on1. The van der Waals surface area contributed by atoms with Gasteiger partial charge < -0.3 is 19.0 Å². The molecule has 0 saturated carbocycles. The summed E-state index contributed by atoms with van der Waals surface area (Å²) in [6, 6.07) is 10.2. The summed E-state index contributed by atoms with van der Waals surface area (Å²) in [6.45, 7) is -0.00947. The fourth-order valence-corrected chi connectivity index (χ4v) is 2.26. The smallest absolute Gasteiger partial charge is 0.307 e. The van der Waals surface area contributed by atoms with E-state index in [0.29, 0.717) is 17.2 Å². The van der Waals surface area contributed by atoms with Gasteiger partial charge in [0.15, 0.2) is 5.76 Å². The summed E-state index contributed by atoms with van der Waals surface area (Å²) in [7, 11) is 0. The minimum atomic E-state index is -0.551. The monoisotopic (exact) mass is 385 g/mol. The Kier molecular flexibility index (Phi) is 5.80. The maximum atomic E-state index is 11.9. The van der Waals surface area contributed by atoms with Gasteiger partial charge in [-0.25, -0.2) is 0 Å². The van der Waals surface area contributed by atoms with Crippen molar-refractivity contribution in [2.45, 2.75) is 13.0 Å². The van der Waals surface area contributed by atoms with Crippen LogP contribution in [-0.4, -0.2) is 28.5 Å². The highest BCUT2D eigenvalue weighted by atomic mass is 16.6. The molecule has 0 aliphatic heterocycles. The Morgan fingerprint density at radius 3 is 2.64 bits per heavy atom. The number of esters is 1. The summed E-state index contributed by atoms with van der Waals surface area (Å²) in [4.78, 5) is 33.7. The number of furan rings is 1. The number of ether oxygens (including phenoxy) is 1. The third kappa shape index (κ3) is 4.81. The van der Waals surface area contributed by atoms with Gasteiger partial charge in [0.2, 0.25) is 5.76 Å². The molecule has 0 fully saturated rings. The second kappa shape index (κ2) is 8.62. The van der Waals surface area contributed by atoms with Crippen molar-refractivity contribution in [3.63, 3.8) is 0 Å². The summed E-state index contributed by atoms with van der Waals surface area (Å²) in [5.41, 5.74) is 0.574. The van der Waals surface area contributed by atoms with Crippen LogP contribution in [-0.2, 0) is 16.1 Å². The van der Waals surface area contributed by atoms with E-state index in [1.54, 1.807) is 18.2 Å². The zero-order chi connectivity index (χ0) is 19.9. The summed E-state index contributed by atoms with van der Waals surface area (Å²) in [6.07, 6.45) is 1.46. The molecular formula is C18H15N3O7. The fourth-order valence-electron chi connectivity index (χ4n) is 2.26. The first-order valence-electron chi connectivity index (χ1n) is 8.20. The van der Waals surface area contributed by atoms with Crippen molar-refractivity contribution in [3.05, 3.63) is 70.1 Å². The van der Waals surface area contributed by atoms with Crippen LogP contribution in [0.15, 0.2) is 57.7 Å². The first-order chi connectivity index (χ1) is 13.5. The van der Waals surface area contributed by atoms with Gasteiger partial charge in [-0.3, -0.25) is 19.7 Å². The largest absolute Gasteiger partial charge is 0.461 e. The van der Waals surface area contributed by atoms with Crippen molar-refractivity contribution in [2.24, 2.45) is 0 Å². The molecule has 1 amide bonds. The molecule has 28 heavy (non-hydrogen) atoms. The molecular weight excluding hydrogens is 370 g/mol. The van der Waals surface area contributed by atoms with Crippen LogP contribution in [0.3, 0.4) is 0 Å². The Morgan fingerprint density at radius 1 is 1.18 bits per heavy atom. The summed E-state index contributed by atoms with van der Waals surface area (Å²) in [5.74, 6) is -0.0284. The number of benzene rings is 1. The molecule has 0 atom stereocenters. The number of nitrogens with zero attached hydrogens (tertiary/aromatic N) is 2. The van der Waals surface area contributed by atoms with Gasteiger partial charge in [-0.2, -0.15) is 0 Å². The van der Waals surface area contributed by atoms with Crippen molar-refractivity contribution < 1.29 is 28.2 Å². The lowest BCUT2D eigenvalue weighted by Crippen LogP contribution is -2.26. The number of non-ortho nitro benzene ring substituents is 1. The van der Waals surface area contributed by atoms with Crippen LogP contribution in [0.25, 0.3) is 11.5 Å². The van der Waals surface area contributed by atoms with Crippen LogP contribution in [0, 0.1) is 10.1 Å². The Hall–Kier alpha value is -3.95. The first-order valence-corrected chi connectivity index (χ1v) is 8.20. The van der Waals surface area contributed by atoms with Crippen LogP contribution in [0.4, 0.5) is 5.69 Å². The summed E-state index contributed by atoms with van der Waals surface area (Å²) in [5, 5.41) is 16.9. The first kappa shape index (κ1) is 18.8. The van der Waals surface area contributed by atoms with E-state index < -0.39 is 16.8 Å². The van der Waals surface area contributed by atoms with Gasteiger partial charge in [0, 0.05) is 30.3 Å². The molecule has 0 bridgehead atoms. The van der Waals surface area contributed by atoms with Crippen molar-refractivity contribution in [1.82, 2.24) is 10.5 Å². The van der Waals surface area contributed by atoms with Gasteiger partial charge in [0.05, 0.1) is 17.6 Å².